The van der Waals surface area contributed by atoms with E-state index in [1.165, 1.54) is 5.56 Å². The predicted molar refractivity (Wildman–Crippen MR) is 71.0 cm³/mol. The number of methoxy groups -OCH3 is 1. The Hall–Kier alpha value is -0.930. The van der Waals surface area contributed by atoms with Crippen LogP contribution in [0.4, 0.5) is 0 Å². The fourth-order valence-electron chi connectivity index (χ4n) is 1.61. The number of ether oxygens (including phenoxy) is 1. The Morgan fingerprint density at radius 2 is 2.12 bits per heavy atom. The Labute approximate surface area is 105 Å². The van der Waals surface area contributed by atoms with Crippen molar-refractivity contribution in [2.24, 2.45) is 5.41 Å². The summed E-state index contributed by atoms with van der Waals surface area (Å²) in [5.41, 5.74) is 2.57. The van der Waals surface area contributed by atoms with Crippen molar-refractivity contribution < 1.29 is 4.74 Å². The molecule has 0 aliphatic rings. The summed E-state index contributed by atoms with van der Waals surface area (Å²) in [6, 6.07) is 4.17. The average Bonchev–Trinajstić information content (AvgIpc) is 2.29. The lowest BCUT2D eigenvalue weighted by atomic mass is 9.89. The van der Waals surface area contributed by atoms with Crippen LogP contribution in [0.3, 0.4) is 0 Å². The van der Waals surface area contributed by atoms with E-state index in [4.69, 9.17) is 4.74 Å². The third-order valence-corrected chi connectivity index (χ3v) is 2.89. The van der Waals surface area contributed by atoms with Crippen LogP contribution in [0, 0.1) is 12.3 Å². The van der Waals surface area contributed by atoms with Gasteiger partial charge in [-0.25, -0.2) is 0 Å². The van der Waals surface area contributed by atoms with Crippen LogP contribution < -0.4 is 5.32 Å². The molecule has 0 unspecified atom stereocenters. The lowest BCUT2D eigenvalue weighted by Crippen LogP contribution is -2.30. The first-order valence-electron chi connectivity index (χ1n) is 6.15. The molecular formula is C14H24N2O. The summed E-state index contributed by atoms with van der Waals surface area (Å²) in [4.78, 5) is 4.28. The summed E-state index contributed by atoms with van der Waals surface area (Å²) in [6.45, 7) is 9.21. The molecule has 0 saturated carbocycles. The third-order valence-electron chi connectivity index (χ3n) is 2.89. The van der Waals surface area contributed by atoms with Gasteiger partial charge in [-0.2, -0.15) is 0 Å². The highest BCUT2D eigenvalue weighted by atomic mass is 16.5. The van der Waals surface area contributed by atoms with Gasteiger partial charge in [0.25, 0.3) is 0 Å². The zero-order valence-electron chi connectivity index (χ0n) is 11.4. The minimum absolute atomic E-state index is 0.272. The van der Waals surface area contributed by atoms with Crippen LogP contribution in [0.1, 0.15) is 31.5 Å². The number of hydrogen-bond acceptors (Lipinski definition) is 3. The van der Waals surface area contributed by atoms with E-state index < -0.39 is 0 Å². The standard InChI is InChI=1S/C14H24N2O/c1-12-5-6-13(10-16-12)9-15-11-14(2,3)7-8-17-4/h5-6,10,15H,7-9,11H2,1-4H3. The summed E-state index contributed by atoms with van der Waals surface area (Å²) in [7, 11) is 1.75. The van der Waals surface area contributed by atoms with Crippen molar-refractivity contribution in [3.05, 3.63) is 29.6 Å². The Bertz CT molecular complexity index is 319. The zero-order valence-corrected chi connectivity index (χ0v) is 11.4. The van der Waals surface area contributed by atoms with E-state index in [9.17, 15) is 0 Å². The average molecular weight is 236 g/mol. The van der Waals surface area contributed by atoms with E-state index in [-0.39, 0.29) is 5.41 Å². The Kier molecular flexibility index (Phi) is 5.59. The van der Waals surface area contributed by atoms with Crippen LogP contribution >= 0.6 is 0 Å². The molecule has 0 aliphatic heterocycles. The van der Waals surface area contributed by atoms with Crippen molar-refractivity contribution in [3.8, 4) is 0 Å². The molecule has 0 spiro atoms. The van der Waals surface area contributed by atoms with E-state index in [2.05, 4.69) is 30.2 Å². The van der Waals surface area contributed by atoms with Crippen LogP contribution in [-0.2, 0) is 11.3 Å². The Balaban J connectivity index is 2.29. The van der Waals surface area contributed by atoms with Gasteiger partial charge >= 0.3 is 0 Å². The van der Waals surface area contributed by atoms with Crippen LogP contribution in [0.2, 0.25) is 0 Å². The molecule has 0 saturated heterocycles. The maximum Gasteiger partial charge on any atom is 0.0467 e. The van der Waals surface area contributed by atoms with E-state index >= 15 is 0 Å². The van der Waals surface area contributed by atoms with Crippen LogP contribution in [0.15, 0.2) is 18.3 Å². The van der Waals surface area contributed by atoms with Gasteiger partial charge in [0.15, 0.2) is 0 Å². The van der Waals surface area contributed by atoms with Gasteiger partial charge in [0.1, 0.15) is 0 Å². The molecule has 1 aromatic rings. The highest BCUT2D eigenvalue weighted by molar-refractivity contribution is 5.12. The van der Waals surface area contributed by atoms with Gasteiger partial charge in [-0.1, -0.05) is 19.9 Å². The lowest BCUT2D eigenvalue weighted by Gasteiger charge is -2.24. The van der Waals surface area contributed by atoms with E-state index in [1.54, 1.807) is 7.11 Å². The molecule has 0 bridgehead atoms. The Morgan fingerprint density at radius 1 is 1.35 bits per heavy atom. The minimum Gasteiger partial charge on any atom is -0.385 e. The minimum atomic E-state index is 0.272. The van der Waals surface area contributed by atoms with Crippen LogP contribution in [0.25, 0.3) is 0 Å². The van der Waals surface area contributed by atoms with Crippen LogP contribution in [-0.4, -0.2) is 25.2 Å². The highest BCUT2D eigenvalue weighted by Crippen LogP contribution is 2.18. The van der Waals surface area contributed by atoms with E-state index in [0.29, 0.717) is 0 Å². The first kappa shape index (κ1) is 14.1. The SMILES string of the molecule is COCCC(C)(C)CNCc1ccc(C)nc1. The van der Waals surface area contributed by atoms with Crippen molar-refractivity contribution in [3.63, 3.8) is 0 Å². The highest BCUT2D eigenvalue weighted by Gasteiger charge is 2.16. The van der Waals surface area contributed by atoms with Gasteiger partial charge in [-0.05, 0) is 30.4 Å². The van der Waals surface area contributed by atoms with Gasteiger partial charge in [-0.3, -0.25) is 4.98 Å². The molecule has 0 aliphatic carbocycles. The second-order valence-corrected chi connectivity index (χ2v) is 5.32. The largest absolute Gasteiger partial charge is 0.385 e. The number of rotatable bonds is 7. The smallest absolute Gasteiger partial charge is 0.0467 e. The predicted octanol–water partition coefficient (Wildman–Crippen LogP) is 2.54. The molecule has 3 nitrogen and oxygen atoms in total. The monoisotopic (exact) mass is 236 g/mol. The lowest BCUT2D eigenvalue weighted by molar-refractivity contribution is 0.150. The first-order chi connectivity index (χ1) is 8.03. The fraction of sp³-hybridized carbons (Fsp3) is 0.643. The summed E-state index contributed by atoms with van der Waals surface area (Å²) in [5.74, 6) is 0. The number of aromatic nitrogens is 1. The van der Waals surface area contributed by atoms with Crippen molar-refractivity contribution in [2.75, 3.05) is 20.3 Å². The number of nitrogens with one attached hydrogen (secondary N) is 1. The molecule has 0 radical (unpaired) electrons. The Morgan fingerprint density at radius 3 is 2.71 bits per heavy atom. The molecule has 0 aromatic carbocycles. The van der Waals surface area contributed by atoms with Crippen molar-refractivity contribution >= 4 is 0 Å². The third kappa shape index (κ3) is 5.80. The molecule has 17 heavy (non-hydrogen) atoms. The molecule has 1 N–H and O–H groups in total. The molecule has 0 fully saturated rings. The number of nitrogens with zero attached hydrogens (tertiary/aromatic N) is 1. The topological polar surface area (TPSA) is 34.1 Å². The number of pyridine rings is 1. The quantitative estimate of drug-likeness (QED) is 0.790. The van der Waals surface area contributed by atoms with Crippen molar-refractivity contribution in [2.45, 2.75) is 33.7 Å². The van der Waals surface area contributed by atoms with Gasteiger partial charge in [0.2, 0.25) is 0 Å². The summed E-state index contributed by atoms with van der Waals surface area (Å²) >= 11 is 0. The molecular weight excluding hydrogens is 212 g/mol. The number of hydrogen-bond donors (Lipinski definition) is 1. The van der Waals surface area contributed by atoms with Gasteiger partial charge in [-0.15, -0.1) is 0 Å². The normalized spacial score (nSPS) is 11.8. The molecule has 3 heteroatoms. The molecule has 0 amide bonds. The molecule has 0 atom stereocenters. The van der Waals surface area contributed by atoms with Gasteiger partial charge in [0.05, 0.1) is 0 Å². The van der Waals surface area contributed by atoms with E-state index in [1.807, 2.05) is 19.2 Å². The van der Waals surface area contributed by atoms with E-state index in [0.717, 1.165) is 31.8 Å². The van der Waals surface area contributed by atoms with Gasteiger partial charge < -0.3 is 10.1 Å². The van der Waals surface area contributed by atoms with Crippen molar-refractivity contribution in [1.29, 1.82) is 0 Å². The molecule has 1 aromatic heterocycles. The summed E-state index contributed by atoms with van der Waals surface area (Å²) in [6.07, 6.45) is 3.01. The number of aryl methyl sites for hydroxylation is 1. The van der Waals surface area contributed by atoms with Gasteiger partial charge in [0, 0.05) is 38.7 Å². The zero-order chi connectivity index (χ0) is 12.7. The maximum absolute atomic E-state index is 5.12. The summed E-state index contributed by atoms with van der Waals surface area (Å²) < 4.78 is 5.12. The molecule has 96 valence electrons. The first-order valence-corrected chi connectivity index (χ1v) is 6.15. The summed E-state index contributed by atoms with van der Waals surface area (Å²) in [5, 5.41) is 3.47. The molecule has 1 heterocycles. The maximum atomic E-state index is 5.12. The second kappa shape index (κ2) is 6.72. The fourth-order valence-corrected chi connectivity index (χ4v) is 1.61. The molecule has 1 rings (SSSR count). The van der Waals surface area contributed by atoms with Crippen molar-refractivity contribution in [1.82, 2.24) is 10.3 Å². The van der Waals surface area contributed by atoms with Crippen LogP contribution in [0.5, 0.6) is 0 Å². The second-order valence-electron chi connectivity index (χ2n) is 5.32.